The fourth-order valence-electron chi connectivity index (χ4n) is 1.57. The van der Waals surface area contributed by atoms with Gasteiger partial charge in [-0.15, -0.1) is 30.4 Å². The summed E-state index contributed by atoms with van der Waals surface area (Å²) in [5, 5.41) is 6.24. The second-order valence-corrected chi connectivity index (χ2v) is 5.46. The van der Waals surface area contributed by atoms with Crippen molar-refractivity contribution < 1.29 is 0 Å². The first-order valence-electron chi connectivity index (χ1n) is 6.85. The molecule has 0 spiro atoms. The van der Waals surface area contributed by atoms with Crippen molar-refractivity contribution in [3.63, 3.8) is 0 Å². The number of rotatable bonds is 7. The van der Waals surface area contributed by atoms with Gasteiger partial charge in [0.1, 0.15) is 0 Å². The lowest BCUT2D eigenvalue weighted by atomic mass is 10.2. The SMILES string of the molecule is C#CCNC(=NCCSCc1ccc(C)cc1)NCC.I. The molecule has 1 aromatic carbocycles. The Morgan fingerprint density at radius 3 is 2.62 bits per heavy atom. The van der Waals surface area contributed by atoms with Gasteiger partial charge in [-0.1, -0.05) is 35.7 Å². The first kappa shape index (κ1) is 20.1. The molecule has 0 atom stereocenters. The summed E-state index contributed by atoms with van der Waals surface area (Å²) in [6, 6.07) is 8.68. The van der Waals surface area contributed by atoms with Gasteiger partial charge < -0.3 is 10.6 Å². The lowest BCUT2D eigenvalue weighted by molar-refractivity contribution is 0.874. The predicted octanol–water partition coefficient (Wildman–Crippen LogP) is 3.03. The summed E-state index contributed by atoms with van der Waals surface area (Å²) in [6.07, 6.45) is 5.22. The molecule has 5 heteroatoms. The molecule has 0 saturated carbocycles. The predicted molar refractivity (Wildman–Crippen MR) is 106 cm³/mol. The fraction of sp³-hybridized carbons (Fsp3) is 0.438. The average Bonchev–Trinajstić information content (AvgIpc) is 2.46. The Morgan fingerprint density at radius 2 is 2.00 bits per heavy atom. The molecule has 0 radical (unpaired) electrons. The van der Waals surface area contributed by atoms with Gasteiger partial charge in [0.15, 0.2) is 5.96 Å². The van der Waals surface area contributed by atoms with Crippen molar-refractivity contribution >= 4 is 41.7 Å². The molecule has 0 aliphatic rings. The van der Waals surface area contributed by atoms with E-state index in [9.17, 15) is 0 Å². The van der Waals surface area contributed by atoms with Crippen molar-refractivity contribution in [2.75, 3.05) is 25.4 Å². The minimum Gasteiger partial charge on any atom is -0.357 e. The van der Waals surface area contributed by atoms with Crippen LogP contribution in [0.5, 0.6) is 0 Å². The molecular weight excluding hydrogens is 393 g/mol. The van der Waals surface area contributed by atoms with Gasteiger partial charge in [0.05, 0.1) is 13.1 Å². The Morgan fingerprint density at radius 1 is 1.29 bits per heavy atom. The number of nitrogens with zero attached hydrogens (tertiary/aromatic N) is 1. The molecule has 0 saturated heterocycles. The van der Waals surface area contributed by atoms with Gasteiger partial charge in [-0.2, -0.15) is 11.8 Å². The normalized spacial score (nSPS) is 10.4. The Bertz CT molecular complexity index is 452. The van der Waals surface area contributed by atoms with Crippen molar-refractivity contribution in [1.82, 2.24) is 10.6 Å². The molecule has 2 N–H and O–H groups in total. The highest BCUT2D eigenvalue weighted by atomic mass is 127. The number of hydrogen-bond acceptors (Lipinski definition) is 2. The molecule has 0 amide bonds. The topological polar surface area (TPSA) is 36.4 Å². The molecule has 0 fully saturated rings. The molecule has 0 aliphatic heterocycles. The molecule has 1 aromatic rings. The third kappa shape index (κ3) is 9.64. The number of benzene rings is 1. The van der Waals surface area contributed by atoms with Gasteiger partial charge >= 0.3 is 0 Å². The average molecular weight is 417 g/mol. The molecule has 116 valence electrons. The van der Waals surface area contributed by atoms with Gasteiger partial charge in [0.25, 0.3) is 0 Å². The van der Waals surface area contributed by atoms with E-state index in [4.69, 9.17) is 6.42 Å². The molecular formula is C16H24IN3S. The standard InChI is InChI=1S/C16H23N3S.HI/c1-4-10-18-16(17-5-2)19-11-12-20-13-15-8-6-14(3)7-9-15;/h1,6-9H,5,10-13H2,2-3H3,(H2,17,18,19);1H. The van der Waals surface area contributed by atoms with Gasteiger partial charge in [0, 0.05) is 18.1 Å². The van der Waals surface area contributed by atoms with Crippen LogP contribution in [0.3, 0.4) is 0 Å². The lowest BCUT2D eigenvalue weighted by Crippen LogP contribution is -2.37. The monoisotopic (exact) mass is 417 g/mol. The van der Waals surface area contributed by atoms with Crippen LogP contribution in [0.2, 0.25) is 0 Å². The van der Waals surface area contributed by atoms with E-state index >= 15 is 0 Å². The van der Waals surface area contributed by atoms with E-state index in [-0.39, 0.29) is 24.0 Å². The second-order valence-electron chi connectivity index (χ2n) is 4.36. The van der Waals surface area contributed by atoms with E-state index in [0.29, 0.717) is 6.54 Å². The van der Waals surface area contributed by atoms with Crippen LogP contribution in [0, 0.1) is 19.3 Å². The van der Waals surface area contributed by atoms with E-state index in [2.05, 4.69) is 52.7 Å². The van der Waals surface area contributed by atoms with Crippen molar-refractivity contribution in [2.45, 2.75) is 19.6 Å². The number of aryl methyl sites for hydroxylation is 1. The second kappa shape index (κ2) is 12.8. The highest BCUT2D eigenvalue weighted by molar-refractivity contribution is 14.0. The summed E-state index contributed by atoms with van der Waals surface area (Å²) in [5.74, 6) is 5.37. The Kier molecular flexibility index (Phi) is 12.3. The zero-order chi connectivity index (χ0) is 14.6. The van der Waals surface area contributed by atoms with Crippen LogP contribution in [0.4, 0.5) is 0 Å². The molecule has 3 nitrogen and oxygen atoms in total. The molecule has 0 heterocycles. The molecule has 0 aliphatic carbocycles. The van der Waals surface area contributed by atoms with Gasteiger partial charge in [-0.3, -0.25) is 4.99 Å². The highest BCUT2D eigenvalue weighted by Crippen LogP contribution is 2.12. The maximum atomic E-state index is 5.22. The highest BCUT2D eigenvalue weighted by Gasteiger charge is 1.96. The van der Waals surface area contributed by atoms with E-state index in [1.807, 2.05) is 18.7 Å². The minimum absolute atomic E-state index is 0. The maximum absolute atomic E-state index is 5.22. The number of halogens is 1. The van der Waals surface area contributed by atoms with Gasteiger partial charge in [-0.25, -0.2) is 0 Å². The van der Waals surface area contributed by atoms with Gasteiger partial charge in [0.2, 0.25) is 0 Å². The zero-order valence-electron chi connectivity index (χ0n) is 12.7. The maximum Gasteiger partial charge on any atom is 0.192 e. The summed E-state index contributed by atoms with van der Waals surface area (Å²) < 4.78 is 0. The molecule has 0 unspecified atom stereocenters. The van der Waals surface area contributed by atoms with Crippen LogP contribution in [0.25, 0.3) is 0 Å². The molecule has 0 aromatic heterocycles. The van der Waals surface area contributed by atoms with Crippen LogP contribution < -0.4 is 10.6 Å². The summed E-state index contributed by atoms with van der Waals surface area (Å²) in [5.41, 5.74) is 2.67. The van der Waals surface area contributed by atoms with Crippen LogP contribution in [0.1, 0.15) is 18.1 Å². The first-order chi connectivity index (χ1) is 9.76. The van der Waals surface area contributed by atoms with Crippen LogP contribution in [-0.4, -0.2) is 31.3 Å². The number of nitrogens with one attached hydrogen (secondary N) is 2. The lowest BCUT2D eigenvalue weighted by Gasteiger charge is -2.08. The first-order valence-corrected chi connectivity index (χ1v) is 8.00. The number of terminal acetylenes is 1. The Balaban J connectivity index is 0.00000400. The largest absolute Gasteiger partial charge is 0.357 e. The van der Waals surface area contributed by atoms with Crippen molar-refractivity contribution in [2.24, 2.45) is 4.99 Å². The Labute approximate surface area is 149 Å². The smallest absolute Gasteiger partial charge is 0.192 e. The van der Waals surface area contributed by atoms with E-state index < -0.39 is 0 Å². The van der Waals surface area contributed by atoms with Crippen LogP contribution in [-0.2, 0) is 5.75 Å². The van der Waals surface area contributed by atoms with Crippen molar-refractivity contribution in [1.29, 1.82) is 0 Å². The number of aliphatic imine (C=N–C) groups is 1. The summed E-state index contributed by atoms with van der Waals surface area (Å²) in [7, 11) is 0. The van der Waals surface area contributed by atoms with E-state index in [1.54, 1.807) is 0 Å². The minimum atomic E-state index is 0. The summed E-state index contributed by atoms with van der Waals surface area (Å²) in [4.78, 5) is 4.47. The van der Waals surface area contributed by atoms with Gasteiger partial charge in [-0.05, 0) is 19.4 Å². The number of thioether (sulfide) groups is 1. The summed E-state index contributed by atoms with van der Waals surface area (Å²) >= 11 is 1.89. The van der Waals surface area contributed by atoms with Crippen LogP contribution in [0.15, 0.2) is 29.3 Å². The van der Waals surface area contributed by atoms with Crippen molar-refractivity contribution in [3.05, 3.63) is 35.4 Å². The third-order valence-electron chi connectivity index (χ3n) is 2.60. The molecule has 1 rings (SSSR count). The Hall–Kier alpha value is -0.870. The quantitative estimate of drug-likeness (QED) is 0.236. The van der Waals surface area contributed by atoms with E-state index in [0.717, 1.165) is 30.6 Å². The molecule has 0 bridgehead atoms. The van der Waals surface area contributed by atoms with E-state index in [1.165, 1.54) is 11.1 Å². The third-order valence-corrected chi connectivity index (χ3v) is 3.61. The fourth-order valence-corrected chi connectivity index (χ4v) is 2.37. The summed E-state index contributed by atoms with van der Waals surface area (Å²) in [6.45, 7) is 6.28. The van der Waals surface area contributed by atoms with Crippen LogP contribution >= 0.6 is 35.7 Å². The zero-order valence-corrected chi connectivity index (χ0v) is 15.8. The number of guanidine groups is 1. The number of hydrogen-bond donors (Lipinski definition) is 2. The molecule has 21 heavy (non-hydrogen) atoms. The van der Waals surface area contributed by atoms with Crippen molar-refractivity contribution in [3.8, 4) is 12.3 Å².